The van der Waals surface area contributed by atoms with E-state index in [4.69, 9.17) is 5.10 Å². The van der Waals surface area contributed by atoms with Crippen molar-refractivity contribution in [1.82, 2.24) is 19.7 Å². The number of allylic oxidation sites excluding steroid dienone is 1. The lowest BCUT2D eigenvalue weighted by atomic mass is 9.87. The van der Waals surface area contributed by atoms with Crippen molar-refractivity contribution in [3.8, 4) is 11.5 Å². The SMILES string of the molecule is C=C(C)C1C(C)CCCN1c1nc(-c2cc(C3=NCC=C3)n(Cc3ccccc3F)n2)ncc1F. The van der Waals surface area contributed by atoms with Crippen LogP contribution in [0, 0.1) is 17.6 Å². The maximum atomic E-state index is 15.0. The molecule has 0 aliphatic carbocycles. The standard InChI is InChI=1S/C27H28F2N6/c1-17(2)25-18(3)8-7-13-34(25)27-21(29)15-31-26(32-27)23-14-24(22-11-6-12-30-22)35(33-23)16-19-9-4-5-10-20(19)28/h4-6,9-11,14-15,18,25H,1,7-8,12-13,16H2,2-3H3. The van der Waals surface area contributed by atoms with Gasteiger partial charge in [-0.1, -0.05) is 43.4 Å². The molecule has 8 heteroatoms. The van der Waals surface area contributed by atoms with E-state index in [-0.39, 0.29) is 24.2 Å². The molecule has 4 heterocycles. The lowest BCUT2D eigenvalue weighted by Gasteiger charge is -2.41. The van der Waals surface area contributed by atoms with Crippen molar-refractivity contribution in [2.75, 3.05) is 18.0 Å². The van der Waals surface area contributed by atoms with Crippen LogP contribution in [0.4, 0.5) is 14.6 Å². The Bertz CT molecular complexity index is 1320. The van der Waals surface area contributed by atoms with E-state index in [9.17, 15) is 4.39 Å². The molecule has 1 saturated heterocycles. The van der Waals surface area contributed by atoms with Crippen LogP contribution in [-0.2, 0) is 6.54 Å². The Hall–Kier alpha value is -3.68. The highest BCUT2D eigenvalue weighted by molar-refractivity contribution is 6.09. The number of rotatable bonds is 6. The van der Waals surface area contributed by atoms with E-state index in [0.717, 1.165) is 29.8 Å². The van der Waals surface area contributed by atoms with Crippen LogP contribution >= 0.6 is 0 Å². The van der Waals surface area contributed by atoms with Crippen LogP contribution in [0.2, 0.25) is 0 Å². The number of aliphatic imine (C=N–C) groups is 1. The van der Waals surface area contributed by atoms with E-state index in [2.05, 4.69) is 28.5 Å². The number of nitrogens with zero attached hydrogens (tertiary/aromatic N) is 6. The molecule has 5 rings (SSSR count). The summed E-state index contributed by atoms with van der Waals surface area (Å²) in [7, 11) is 0. The van der Waals surface area contributed by atoms with Crippen LogP contribution in [0.5, 0.6) is 0 Å². The van der Waals surface area contributed by atoms with Crippen LogP contribution in [0.3, 0.4) is 0 Å². The third-order valence-electron chi connectivity index (χ3n) is 6.63. The molecule has 3 aromatic rings. The summed E-state index contributed by atoms with van der Waals surface area (Å²) < 4.78 is 31.1. The average Bonchev–Trinajstić information content (AvgIpc) is 3.51. The van der Waals surface area contributed by atoms with Gasteiger partial charge in [0.05, 0.1) is 36.7 Å². The van der Waals surface area contributed by atoms with Crippen LogP contribution < -0.4 is 4.90 Å². The first-order chi connectivity index (χ1) is 16.9. The summed E-state index contributed by atoms with van der Waals surface area (Å²) in [5.41, 5.74) is 3.47. The third kappa shape index (κ3) is 4.52. The van der Waals surface area contributed by atoms with Crippen LogP contribution in [0.15, 0.2) is 65.8 Å². The molecule has 1 aromatic carbocycles. The van der Waals surface area contributed by atoms with Crippen LogP contribution in [-0.4, -0.2) is 44.6 Å². The predicted octanol–water partition coefficient (Wildman–Crippen LogP) is 5.21. The molecule has 2 aliphatic rings. The highest BCUT2D eigenvalue weighted by Crippen LogP contribution is 2.33. The summed E-state index contributed by atoms with van der Waals surface area (Å²) in [5.74, 6) is 0.153. The van der Waals surface area contributed by atoms with Gasteiger partial charge >= 0.3 is 0 Å². The van der Waals surface area contributed by atoms with E-state index in [1.165, 1.54) is 12.3 Å². The highest BCUT2D eigenvalue weighted by atomic mass is 19.1. The Morgan fingerprint density at radius 1 is 1.20 bits per heavy atom. The minimum atomic E-state index is -0.469. The molecule has 180 valence electrons. The number of anilines is 1. The smallest absolute Gasteiger partial charge is 0.183 e. The van der Waals surface area contributed by atoms with Gasteiger partial charge in [-0.05, 0) is 43.9 Å². The molecular weight excluding hydrogens is 446 g/mol. The number of halogens is 2. The summed E-state index contributed by atoms with van der Waals surface area (Å²) >= 11 is 0. The first kappa shape index (κ1) is 23.1. The Balaban J connectivity index is 1.55. The van der Waals surface area contributed by atoms with Crippen molar-refractivity contribution < 1.29 is 8.78 Å². The average molecular weight is 475 g/mol. The van der Waals surface area contributed by atoms with E-state index in [1.54, 1.807) is 22.9 Å². The maximum absolute atomic E-state index is 15.0. The lowest BCUT2D eigenvalue weighted by molar-refractivity contribution is 0.371. The number of hydrogen-bond acceptors (Lipinski definition) is 5. The van der Waals surface area contributed by atoms with E-state index >= 15 is 4.39 Å². The molecule has 2 unspecified atom stereocenters. The predicted molar refractivity (Wildman–Crippen MR) is 134 cm³/mol. The van der Waals surface area contributed by atoms with E-state index in [1.807, 2.05) is 30.0 Å². The van der Waals surface area contributed by atoms with Gasteiger partial charge in [-0.3, -0.25) is 9.67 Å². The van der Waals surface area contributed by atoms with Gasteiger partial charge in [0.2, 0.25) is 0 Å². The molecule has 0 saturated carbocycles. The van der Waals surface area contributed by atoms with Gasteiger partial charge < -0.3 is 4.90 Å². The fraction of sp³-hybridized carbons (Fsp3) is 0.333. The summed E-state index contributed by atoms with van der Waals surface area (Å²) in [4.78, 5) is 15.4. The monoisotopic (exact) mass is 474 g/mol. The molecule has 0 spiro atoms. The Morgan fingerprint density at radius 2 is 2.03 bits per heavy atom. The van der Waals surface area contributed by atoms with Crippen LogP contribution in [0.1, 0.15) is 37.9 Å². The number of piperidine rings is 1. The summed E-state index contributed by atoms with van der Waals surface area (Å²) in [6.45, 7) is 9.80. The molecule has 0 N–H and O–H groups in total. The largest absolute Gasteiger partial charge is 0.347 e. The summed E-state index contributed by atoms with van der Waals surface area (Å²) in [5, 5.41) is 4.70. The molecule has 2 aromatic heterocycles. The molecule has 0 amide bonds. The molecule has 2 atom stereocenters. The fourth-order valence-corrected chi connectivity index (χ4v) is 5.04. The first-order valence-corrected chi connectivity index (χ1v) is 11.9. The normalized spacial score (nSPS) is 19.8. The second-order valence-corrected chi connectivity index (χ2v) is 9.26. The zero-order chi connectivity index (χ0) is 24.5. The minimum absolute atomic E-state index is 0.00755. The molecule has 2 aliphatic heterocycles. The van der Waals surface area contributed by atoms with Crippen molar-refractivity contribution in [2.24, 2.45) is 10.9 Å². The van der Waals surface area contributed by atoms with Crippen molar-refractivity contribution >= 4 is 11.5 Å². The summed E-state index contributed by atoms with van der Waals surface area (Å²) in [6.07, 6.45) is 7.10. The molecular formula is C27H28F2N6. The summed E-state index contributed by atoms with van der Waals surface area (Å²) in [6, 6.07) is 8.46. The number of benzene rings is 1. The molecule has 1 fully saturated rings. The molecule has 0 bridgehead atoms. The van der Waals surface area contributed by atoms with Gasteiger partial charge in [0.15, 0.2) is 17.5 Å². The first-order valence-electron chi connectivity index (χ1n) is 11.9. The Morgan fingerprint density at radius 3 is 2.77 bits per heavy atom. The lowest BCUT2D eigenvalue weighted by Crippen LogP contribution is -2.46. The molecule has 6 nitrogen and oxygen atoms in total. The number of aromatic nitrogens is 4. The van der Waals surface area contributed by atoms with Gasteiger partial charge in [-0.25, -0.2) is 18.7 Å². The molecule has 0 radical (unpaired) electrons. The molecule has 35 heavy (non-hydrogen) atoms. The number of hydrogen-bond donors (Lipinski definition) is 0. The van der Waals surface area contributed by atoms with Crippen molar-refractivity contribution in [3.05, 3.63) is 83.7 Å². The topological polar surface area (TPSA) is 59.2 Å². The zero-order valence-electron chi connectivity index (χ0n) is 20.0. The zero-order valence-corrected chi connectivity index (χ0v) is 20.0. The second kappa shape index (κ2) is 9.52. The quantitative estimate of drug-likeness (QED) is 0.461. The van der Waals surface area contributed by atoms with Gasteiger partial charge in [-0.15, -0.1) is 0 Å². The van der Waals surface area contributed by atoms with E-state index < -0.39 is 5.82 Å². The van der Waals surface area contributed by atoms with Gasteiger partial charge in [-0.2, -0.15) is 5.10 Å². The maximum Gasteiger partial charge on any atom is 0.183 e. The van der Waals surface area contributed by atoms with Crippen molar-refractivity contribution in [2.45, 2.75) is 39.3 Å². The minimum Gasteiger partial charge on any atom is -0.347 e. The Labute approximate surface area is 203 Å². The van der Waals surface area contributed by atoms with Crippen molar-refractivity contribution in [1.29, 1.82) is 0 Å². The van der Waals surface area contributed by atoms with Crippen LogP contribution in [0.25, 0.3) is 11.5 Å². The Kier molecular flexibility index (Phi) is 6.28. The van der Waals surface area contributed by atoms with Gasteiger partial charge in [0.25, 0.3) is 0 Å². The van der Waals surface area contributed by atoms with E-state index in [0.29, 0.717) is 36.1 Å². The second-order valence-electron chi connectivity index (χ2n) is 9.26. The fourth-order valence-electron chi connectivity index (χ4n) is 5.04. The third-order valence-corrected chi connectivity index (χ3v) is 6.63. The van der Waals surface area contributed by atoms with Gasteiger partial charge in [0.1, 0.15) is 11.5 Å². The highest BCUT2D eigenvalue weighted by Gasteiger charge is 2.32. The van der Waals surface area contributed by atoms with Crippen molar-refractivity contribution in [3.63, 3.8) is 0 Å². The van der Waals surface area contributed by atoms with Gasteiger partial charge in [0, 0.05) is 12.1 Å².